The molecule has 0 bridgehead atoms. The Labute approximate surface area is 160 Å². The van der Waals surface area contributed by atoms with Gasteiger partial charge in [-0.25, -0.2) is 0 Å². The zero-order valence-electron chi connectivity index (χ0n) is 15.1. The molecule has 4 rings (SSSR count). The Morgan fingerprint density at radius 2 is 1.82 bits per heavy atom. The number of aliphatic hydroxyl groups is 1. The van der Waals surface area contributed by atoms with Gasteiger partial charge in [0.2, 0.25) is 0 Å². The number of likely N-dealkylation sites (tertiary alicyclic amines) is 1. The van der Waals surface area contributed by atoms with Crippen molar-refractivity contribution < 1.29 is 24.8 Å². The fourth-order valence-electron chi connectivity index (χ4n) is 3.67. The lowest BCUT2D eigenvalue weighted by atomic mass is 10.0. The van der Waals surface area contributed by atoms with Gasteiger partial charge in [0.05, 0.1) is 11.7 Å². The number of rotatable bonds is 3. The minimum Gasteiger partial charge on any atom is -0.508 e. The first-order valence-electron chi connectivity index (χ1n) is 9.14. The van der Waals surface area contributed by atoms with Crippen LogP contribution in [0.15, 0.2) is 45.6 Å². The molecule has 2 aromatic carbocycles. The highest BCUT2D eigenvalue weighted by molar-refractivity contribution is 5.89. The number of phenols is 3. The van der Waals surface area contributed by atoms with Crippen molar-refractivity contribution in [1.29, 1.82) is 0 Å². The topological polar surface area (TPSA) is 114 Å². The summed E-state index contributed by atoms with van der Waals surface area (Å²) in [6, 6.07) is 8.62. The lowest BCUT2D eigenvalue weighted by molar-refractivity contribution is 0.0665. The monoisotopic (exact) mass is 383 g/mol. The molecule has 1 aliphatic rings. The van der Waals surface area contributed by atoms with Crippen molar-refractivity contribution in [2.24, 2.45) is 0 Å². The van der Waals surface area contributed by atoms with Gasteiger partial charge in [-0.2, -0.15) is 0 Å². The zero-order valence-corrected chi connectivity index (χ0v) is 15.1. The van der Waals surface area contributed by atoms with E-state index >= 15 is 0 Å². The van der Waals surface area contributed by atoms with Crippen molar-refractivity contribution in [2.75, 3.05) is 13.1 Å². The Morgan fingerprint density at radius 1 is 1.07 bits per heavy atom. The Morgan fingerprint density at radius 3 is 2.54 bits per heavy atom. The summed E-state index contributed by atoms with van der Waals surface area (Å²) in [5, 5.41) is 40.0. The number of nitrogens with zero attached hydrogens (tertiary/aromatic N) is 1. The van der Waals surface area contributed by atoms with Crippen LogP contribution in [0.3, 0.4) is 0 Å². The molecule has 0 amide bonds. The van der Waals surface area contributed by atoms with Crippen molar-refractivity contribution in [2.45, 2.75) is 25.5 Å². The molecule has 7 heteroatoms. The van der Waals surface area contributed by atoms with Crippen LogP contribution < -0.4 is 5.43 Å². The Hall–Kier alpha value is -3.03. The highest BCUT2D eigenvalue weighted by Gasteiger charge is 2.23. The van der Waals surface area contributed by atoms with E-state index in [0.29, 0.717) is 17.7 Å². The van der Waals surface area contributed by atoms with Crippen LogP contribution in [0.1, 0.15) is 18.4 Å². The van der Waals surface area contributed by atoms with Crippen LogP contribution in [-0.2, 0) is 6.54 Å². The van der Waals surface area contributed by atoms with Crippen LogP contribution in [0.4, 0.5) is 0 Å². The number of benzene rings is 2. The number of aromatic hydroxyl groups is 3. The smallest absolute Gasteiger partial charge is 0.197 e. The summed E-state index contributed by atoms with van der Waals surface area (Å²) in [7, 11) is 0. The maximum atomic E-state index is 12.7. The third kappa shape index (κ3) is 3.42. The van der Waals surface area contributed by atoms with Crippen LogP contribution in [-0.4, -0.2) is 44.5 Å². The molecule has 2 heterocycles. The number of phenolic OH excluding ortho intramolecular Hbond substituents is 3. The number of fused-ring (bicyclic) bond motifs is 1. The quantitative estimate of drug-likeness (QED) is 0.549. The second kappa shape index (κ2) is 7.18. The van der Waals surface area contributed by atoms with Crippen LogP contribution >= 0.6 is 0 Å². The van der Waals surface area contributed by atoms with E-state index in [2.05, 4.69) is 0 Å². The lowest BCUT2D eigenvalue weighted by Crippen LogP contribution is -2.37. The number of hydrogen-bond donors (Lipinski definition) is 4. The normalized spacial score (nSPS) is 17.8. The standard InChI is InChI=1S/C21H21NO6/c23-13-5-3-12(4-6-13)19-9-18(27)20-17(26)8-16(25)15(21(20)28-19)11-22-7-1-2-14(24)10-22/h3-6,8-9,14,23-26H,1-2,7,10-11H2. The van der Waals surface area contributed by atoms with Gasteiger partial charge in [-0.3, -0.25) is 9.69 Å². The first-order valence-corrected chi connectivity index (χ1v) is 9.14. The number of piperidine rings is 1. The Balaban J connectivity index is 1.86. The van der Waals surface area contributed by atoms with Crippen molar-refractivity contribution in [3.8, 4) is 28.6 Å². The van der Waals surface area contributed by atoms with Crippen molar-refractivity contribution in [3.05, 3.63) is 52.2 Å². The molecule has 146 valence electrons. The lowest BCUT2D eigenvalue weighted by Gasteiger charge is -2.30. The van der Waals surface area contributed by atoms with Gasteiger partial charge >= 0.3 is 0 Å². The Bertz CT molecular complexity index is 1070. The van der Waals surface area contributed by atoms with E-state index < -0.39 is 11.5 Å². The maximum absolute atomic E-state index is 12.7. The van der Waals surface area contributed by atoms with E-state index in [4.69, 9.17) is 4.42 Å². The predicted octanol–water partition coefficient (Wildman–Crippen LogP) is 2.53. The van der Waals surface area contributed by atoms with E-state index in [9.17, 15) is 25.2 Å². The van der Waals surface area contributed by atoms with E-state index in [1.54, 1.807) is 12.1 Å². The maximum Gasteiger partial charge on any atom is 0.197 e. The van der Waals surface area contributed by atoms with Crippen LogP contribution in [0.2, 0.25) is 0 Å². The zero-order chi connectivity index (χ0) is 19.8. The summed E-state index contributed by atoms with van der Waals surface area (Å²) < 4.78 is 5.94. The SMILES string of the molecule is O=c1cc(-c2ccc(O)cc2)oc2c(CN3CCCC(O)C3)c(O)cc(O)c12. The summed E-state index contributed by atoms with van der Waals surface area (Å²) in [6.45, 7) is 1.49. The molecule has 0 spiro atoms. The number of aliphatic hydroxyl groups excluding tert-OH is 1. The molecule has 1 atom stereocenters. The van der Waals surface area contributed by atoms with Gasteiger partial charge in [0, 0.05) is 30.8 Å². The second-order valence-electron chi connectivity index (χ2n) is 7.15. The van der Waals surface area contributed by atoms with Crippen molar-refractivity contribution >= 4 is 11.0 Å². The summed E-state index contributed by atoms with van der Waals surface area (Å²) >= 11 is 0. The van der Waals surface area contributed by atoms with E-state index in [1.165, 1.54) is 18.2 Å². The van der Waals surface area contributed by atoms with Gasteiger partial charge in [0.15, 0.2) is 11.0 Å². The van der Waals surface area contributed by atoms with Gasteiger partial charge in [-0.05, 0) is 43.7 Å². The second-order valence-corrected chi connectivity index (χ2v) is 7.15. The first kappa shape index (κ1) is 18.3. The van der Waals surface area contributed by atoms with Crippen molar-refractivity contribution in [3.63, 3.8) is 0 Å². The minimum absolute atomic E-state index is 0.00730. The highest BCUT2D eigenvalue weighted by atomic mass is 16.3. The average Bonchev–Trinajstić information content (AvgIpc) is 2.65. The molecule has 1 unspecified atom stereocenters. The molecule has 28 heavy (non-hydrogen) atoms. The molecular formula is C21H21NO6. The van der Waals surface area contributed by atoms with Gasteiger partial charge in [0.25, 0.3) is 0 Å². The van der Waals surface area contributed by atoms with Crippen LogP contribution in [0.5, 0.6) is 17.2 Å². The number of β-amino-alcohol motifs (C(OH)–C–C–N with tert-alkyl or cyclic N) is 1. The molecule has 0 saturated carbocycles. The Kier molecular flexibility index (Phi) is 4.70. The summed E-state index contributed by atoms with van der Waals surface area (Å²) in [5.41, 5.74) is 0.661. The predicted molar refractivity (Wildman–Crippen MR) is 103 cm³/mol. The molecular weight excluding hydrogens is 362 g/mol. The number of hydrogen-bond acceptors (Lipinski definition) is 7. The van der Waals surface area contributed by atoms with Gasteiger partial charge in [-0.15, -0.1) is 0 Å². The van der Waals surface area contributed by atoms with Crippen LogP contribution in [0.25, 0.3) is 22.3 Å². The third-order valence-corrected chi connectivity index (χ3v) is 5.07. The third-order valence-electron chi connectivity index (χ3n) is 5.07. The van der Waals surface area contributed by atoms with E-state index in [0.717, 1.165) is 25.5 Å². The molecule has 0 aliphatic carbocycles. The molecule has 1 saturated heterocycles. The fraction of sp³-hybridized carbons (Fsp3) is 0.286. The molecule has 1 fully saturated rings. The molecule has 3 aromatic rings. The van der Waals surface area contributed by atoms with Crippen molar-refractivity contribution in [1.82, 2.24) is 4.90 Å². The molecule has 0 radical (unpaired) electrons. The molecule has 1 aliphatic heterocycles. The summed E-state index contributed by atoms with van der Waals surface area (Å²) in [5.74, 6) is -0.161. The van der Waals surface area contributed by atoms with E-state index in [1.807, 2.05) is 4.90 Å². The van der Waals surface area contributed by atoms with E-state index in [-0.39, 0.29) is 40.5 Å². The van der Waals surface area contributed by atoms with Gasteiger partial charge in [0.1, 0.15) is 28.4 Å². The van der Waals surface area contributed by atoms with Crippen LogP contribution in [0, 0.1) is 0 Å². The summed E-state index contributed by atoms with van der Waals surface area (Å²) in [4.78, 5) is 14.6. The minimum atomic E-state index is -0.432. The van der Waals surface area contributed by atoms with Gasteiger partial charge < -0.3 is 24.8 Å². The highest BCUT2D eigenvalue weighted by Crippen LogP contribution is 2.36. The fourth-order valence-corrected chi connectivity index (χ4v) is 3.67. The molecule has 1 aromatic heterocycles. The largest absolute Gasteiger partial charge is 0.508 e. The van der Waals surface area contributed by atoms with Gasteiger partial charge in [-0.1, -0.05) is 0 Å². The molecule has 7 nitrogen and oxygen atoms in total. The first-order chi connectivity index (χ1) is 13.4. The average molecular weight is 383 g/mol. The summed E-state index contributed by atoms with van der Waals surface area (Å²) in [6.07, 6.45) is 1.14. The molecule has 4 N–H and O–H groups in total.